The van der Waals surface area contributed by atoms with Crippen molar-refractivity contribution in [1.82, 2.24) is 0 Å². The molecule has 1 aliphatic rings. The molecule has 20 heavy (non-hydrogen) atoms. The highest BCUT2D eigenvalue weighted by atomic mass is 19.1. The molecule has 0 spiro atoms. The lowest BCUT2D eigenvalue weighted by atomic mass is 9.84. The van der Waals surface area contributed by atoms with Crippen LogP contribution in [0.4, 0.5) is 20.2 Å². The molecule has 0 radical (unpaired) electrons. The van der Waals surface area contributed by atoms with E-state index in [9.17, 15) is 18.9 Å². The third-order valence-electron chi connectivity index (χ3n) is 3.94. The van der Waals surface area contributed by atoms with E-state index in [1.165, 1.54) is 0 Å². The number of anilines is 1. The fourth-order valence-corrected chi connectivity index (χ4v) is 2.84. The number of nitrogens with zero attached hydrogens (tertiary/aromatic N) is 1. The molecule has 1 aromatic rings. The Morgan fingerprint density at radius 3 is 2.80 bits per heavy atom. The van der Waals surface area contributed by atoms with Gasteiger partial charge < -0.3 is 5.32 Å². The van der Waals surface area contributed by atoms with Gasteiger partial charge in [-0.2, -0.15) is 0 Å². The topological polar surface area (TPSA) is 55.2 Å². The van der Waals surface area contributed by atoms with Gasteiger partial charge in [-0.1, -0.05) is 26.2 Å². The van der Waals surface area contributed by atoms with Crippen LogP contribution in [0.5, 0.6) is 0 Å². The summed E-state index contributed by atoms with van der Waals surface area (Å²) >= 11 is 0. The quantitative estimate of drug-likeness (QED) is 0.664. The molecule has 1 aliphatic carbocycles. The van der Waals surface area contributed by atoms with Crippen LogP contribution in [0.15, 0.2) is 12.1 Å². The van der Waals surface area contributed by atoms with Gasteiger partial charge in [-0.25, -0.2) is 8.78 Å². The number of nitro groups is 1. The van der Waals surface area contributed by atoms with Crippen LogP contribution in [0.1, 0.15) is 39.0 Å². The molecule has 2 rings (SSSR count). The Labute approximate surface area is 116 Å². The van der Waals surface area contributed by atoms with Crippen LogP contribution in [0, 0.1) is 27.7 Å². The molecule has 0 bridgehead atoms. The van der Waals surface area contributed by atoms with Crippen molar-refractivity contribution in [3.05, 3.63) is 33.9 Å². The highest BCUT2D eigenvalue weighted by Gasteiger charge is 2.26. The number of halogens is 2. The minimum Gasteiger partial charge on any atom is -0.374 e. The number of benzene rings is 1. The Hall–Kier alpha value is -1.72. The molecule has 0 aliphatic heterocycles. The maximum absolute atomic E-state index is 13.8. The SMILES string of the molecule is CCC1CCCC(Nc2c(F)cc(F)cc2[N+](=O)[O-])C1. The van der Waals surface area contributed by atoms with Crippen molar-refractivity contribution in [2.75, 3.05) is 5.32 Å². The number of hydrogen-bond acceptors (Lipinski definition) is 3. The molecule has 1 saturated carbocycles. The summed E-state index contributed by atoms with van der Waals surface area (Å²) in [6.45, 7) is 2.11. The summed E-state index contributed by atoms with van der Waals surface area (Å²) in [5.74, 6) is -1.28. The van der Waals surface area contributed by atoms with E-state index < -0.39 is 22.2 Å². The van der Waals surface area contributed by atoms with Crippen LogP contribution in [0.25, 0.3) is 0 Å². The van der Waals surface area contributed by atoms with Crippen LogP contribution < -0.4 is 5.32 Å². The first kappa shape index (κ1) is 14.7. The molecule has 1 aromatic carbocycles. The molecule has 0 saturated heterocycles. The molecule has 0 aromatic heterocycles. The Kier molecular flexibility index (Phi) is 4.52. The van der Waals surface area contributed by atoms with Gasteiger partial charge in [-0.3, -0.25) is 10.1 Å². The lowest BCUT2D eigenvalue weighted by molar-refractivity contribution is -0.384. The highest BCUT2D eigenvalue weighted by Crippen LogP contribution is 2.33. The second kappa shape index (κ2) is 6.15. The minimum atomic E-state index is -0.935. The number of hydrogen-bond donors (Lipinski definition) is 1. The fourth-order valence-electron chi connectivity index (χ4n) is 2.84. The fraction of sp³-hybridized carbons (Fsp3) is 0.571. The third kappa shape index (κ3) is 3.23. The van der Waals surface area contributed by atoms with Crippen molar-refractivity contribution >= 4 is 11.4 Å². The molecule has 110 valence electrons. The van der Waals surface area contributed by atoms with Gasteiger partial charge in [0.1, 0.15) is 11.5 Å². The highest BCUT2D eigenvalue weighted by molar-refractivity contribution is 5.63. The average molecular weight is 284 g/mol. The van der Waals surface area contributed by atoms with Crippen molar-refractivity contribution in [3.63, 3.8) is 0 Å². The summed E-state index contributed by atoms with van der Waals surface area (Å²) in [4.78, 5) is 10.2. The monoisotopic (exact) mass is 284 g/mol. The molecule has 6 heteroatoms. The molecular weight excluding hydrogens is 266 g/mol. The predicted molar refractivity (Wildman–Crippen MR) is 72.7 cm³/mol. The van der Waals surface area contributed by atoms with Crippen molar-refractivity contribution in [3.8, 4) is 0 Å². The normalized spacial score (nSPS) is 22.6. The third-order valence-corrected chi connectivity index (χ3v) is 3.94. The van der Waals surface area contributed by atoms with Gasteiger partial charge in [0.25, 0.3) is 5.69 Å². The zero-order valence-corrected chi connectivity index (χ0v) is 11.4. The van der Waals surface area contributed by atoms with E-state index in [1.54, 1.807) is 0 Å². The van der Waals surface area contributed by atoms with E-state index in [4.69, 9.17) is 0 Å². The smallest absolute Gasteiger partial charge is 0.298 e. The summed E-state index contributed by atoms with van der Waals surface area (Å²) in [5.41, 5.74) is -0.737. The zero-order valence-electron chi connectivity index (χ0n) is 11.4. The molecule has 4 nitrogen and oxygen atoms in total. The Bertz CT molecular complexity index is 508. The molecule has 0 heterocycles. The minimum absolute atomic E-state index is 0.00682. The second-order valence-corrected chi connectivity index (χ2v) is 5.32. The van der Waals surface area contributed by atoms with E-state index in [2.05, 4.69) is 12.2 Å². The largest absolute Gasteiger partial charge is 0.374 e. The van der Waals surface area contributed by atoms with E-state index in [0.29, 0.717) is 12.0 Å². The number of rotatable bonds is 4. The van der Waals surface area contributed by atoms with Gasteiger partial charge in [0, 0.05) is 12.1 Å². The second-order valence-electron chi connectivity index (χ2n) is 5.32. The van der Waals surface area contributed by atoms with Gasteiger partial charge in [0.05, 0.1) is 11.0 Å². The lowest BCUT2D eigenvalue weighted by Crippen LogP contribution is -2.27. The maximum atomic E-state index is 13.8. The van der Waals surface area contributed by atoms with Gasteiger partial charge >= 0.3 is 0 Å². The van der Waals surface area contributed by atoms with Crippen LogP contribution in [0.3, 0.4) is 0 Å². The Morgan fingerprint density at radius 2 is 2.15 bits per heavy atom. The number of nitro benzene ring substituents is 1. The van der Waals surface area contributed by atoms with Crippen LogP contribution in [-0.4, -0.2) is 11.0 Å². The van der Waals surface area contributed by atoms with E-state index in [1.807, 2.05) is 0 Å². The first-order valence-electron chi connectivity index (χ1n) is 6.91. The summed E-state index contributed by atoms with van der Waals surface area (Å²) in [7, 11) is 0. The van der Waals surface area contributed by atoms with Gasteiger partial charge in [-0.15, -0.1) is 0 Å². The van der Waals surface area contributed by atoms with Crippen molar-refractivity contribution < 1.29 is 13.7 Å². The summed E-state index contributed by atoms with van der Waals surface area (Å²) in [6.07, 6.45) is 4.93. The molecule has 2 unspecified atom stereocenters. The first-order chi connectivity index (χ1) is 9.51. The van der Waals surface area contributed by atoms with Crippen molar-refractivity contribution in [2.24, 2.45) is 5.92 Å². The summed E-state index contributed by atoms with van der Waals surface area (Å²) in [6, 6.07) is 1.44. The molecule has 2 atom stereocenters. The maximum Gasteiger partial charge on any atom is 0.298 e. The predicted octanol–water partition coefficient (Wildman–Crippen LogP) is 4.25. The van der Waals surface area contributed by atoms with Gasteiger partial charge in [-0.05, 0) is 18.8 Å². The Balaban J connectivity index is 2.22. The molecule has 1 fully saturated rings. The number of nitrogens with one attached hydrogen (secondary N) is 1. The van der Waals surface area contributed by atoms with Crippen molar-refractivity contribution in [1.29, 1.82) is 0 Å². The summed E-state index contributed by atoms with van der Waals surface area (Å²) < 4.78 is 26.9. The van der Waals surface area contributed by atoms with Crippen LogP contribution in [-0.2, 0) is 0 Å². The lowest BCUT2D eigenvalue weighted by Gasteiger charge is -2.29. The van der Waals surface area contributed by atoms with Crippen LogP contribution >= 0.6 is 0 Å². The van der Waals surface area contributed by atoms with Gasteiger partial charge in [0.2, 0.25) is 0 Å². The molecular formula is C14H18F2N2O2. The Morgan fingerprint density at radius 1 is 1.40 bits per heavy atom. The van der Waals surface area contributed by atoms with E-state index in [-0.39, 0.29) is 11.7 Å². The summed E-state index contributed by atoms with van der Waals surface area (Å²) in [5, 5.41) is 13.8. The zero-order chi connectivity index (χ0) is 14.7. The molecule has 0 amide bonds. The van der Waals surface area contributed by atoms with Gasteiger partial charge in [0.15, 0.2) is 5.82 Å². The van der Waals surface area contributed by atoms with Crippen molar-refractivity contribution in [2.45, 2.75) is 45.1 Å². The van der Waals surface area contributed by atoms with E-state index in [0.717, 1.165) is 38.2 Å². The average Bonchev–Trinajstić information content (AvgIpc) is 2.41. The van der Waals surface area contributed by atoms with Crippen LogP contribution in [0.2, 0.25) is 0 Å². The van der Waals surface area contributed by atoms with E-state index >= 15 is 0 Å². The first-order valence-corrected chi connectivity index (χ1v) is 6.91. The molecule has 1 N–H and O–H groups in total. The standard InChI is InChI=1S/C14H18F2N2O2/c1-2-9-4-3-5-11(6-9)17-14-12(16)7-10(15)8-13(14)18(19)20/h7-9,11,17H,2-6H2,1H3.